The van der Waals surface area contributed by atoms with Crippen LogP contribution in [0, 0.1) is 11.6 Å². The molecule has 25 heavy (non-hydrogen) atoms. The van der Waals surface area contributed by atoms with E-state index in [4.69, 9.17) is 0 Å². The van der Waals surface area contributed by atoms with Gasteiger partial charge in [-0.25, -0.2) is 18.3 Å². The van der Waals surface area contributed by atoms with Crippen molar-refractivity contribution >= 4 is 11.6 Å². The SMILES string of the molecule is O=C(CCn1nc2ccccn2c1=O)NCCc1c(F)cccc1F. The van der Waals surface area contributed by atoms with Crippen molar-refractivity contribution in [2.45, 2.75) is 19.4 Å². The third-order valence-corrected chi connectivity index (χ3v) is 3.80. The lowest BCUT2D eigenvalue weighted by Gasteiger charge is -2.07. The van der Waals surface area contributed by atoms with Crippen LogP contribution in [0.1, 0.15) is 12.0 Å². The fourth-order valence-corrected chi connectivity index (χ4v) is 2.51. The van der Waals surface area contributed by atoms with Gasteiger partial charge in [0.05, 0.1) is 6.54 Å². The molecular weight excluding hydrogens is 330 g/mol. The van der Waals surface area contributed by atoms with E-state index in [1.54, 1.807) is 24.4 Å². The second-order valence-corrected chi connectivity index (χ2v) is 5.48. The smallest absolute Gasteiger partial charge is 0.350 e. The van der Waals surface area contributed by atoms with Gasteiger partial charge in [-0.2, -0.15) is 0 Å². The number of rotatable bonds is 6. The highest BCUT2D eigenvalue weighted by Crippen LogP contribution is 2.12. The van der Waals surface area contributed by atoms with Gasteiger partial charge < -0.3 is 5.32 Å². The zero-order chi connectivity index (χ0) is 17.8. The molecular formula is C17H16F2N4O2. The third kappa shape index (κ3) is 3.73. The van der Waals surface area contributed by atoms with Crippen molar-refractivity contribution < 1.29 is 13.6 Å². The summed E-state index contributed by atoms with van der Waals surface area (Å²) >= 11 is 0. The summed E-state index contributed by atoms with van der Waals surface area (Å²) in [6, 6.07) is 8.82. The highest BCUT2D eigenvalue weighted by atomic mass is 19.1. The Morgan fingerprint density at radius 2 is 1.88 bits per heavy atom. The summed E-state index contributed by atoms with van der Waals surface area (Å²) in [5.74, 6) is -1.59. The predicted octanol–water partition coefficient (Wildman–Crippen LogP) is 1.52. The lowest BCUT2D eigenvalue weighted by atomic mass is 10.1. The number of hydrogen-bond donors (Lipinski definition) is 1. The quantitative estimate of drug-likeness (QED) is 0.736. The lowest BCUT2D eigenvalue weighted by Crippen LogP contribution is -2.29. The highest BCUT2D eigenvalue weighted by molar-refractivity contribution is 5.75. The number of pyridine rings is 1. The number of aromatic nitrogens is 3. The lowest BCUT2D eigenvalue weighted by molar-refractivity contribution is -0.121. The van der Waals surface area contributed by atoms with Crippen molar-refractivity contribution in [2.24, 2.45) is 0 Å². The van der Waals surface area contributed by atoms with Gasteiger partial charge in [0.2, 0.25) is 5.91 Å². The molecule has 6 nitrogen and oxygen atoms in total. The maximum absolute atomic E-state index is 13.5. The third-order valence-electron chi connectivity index (χ3n) is 3.80. The maximum Gasteiger partial charge on any atom is 0.350 e. The Bertz CT molecular complexity index is 944. The molecule has 0 aliphatic rings. The van der Waals surface area contributed by atoms with E-state index >= 15 is 0 Å². The average Bonchev–Trinajstić information content (AvgIpc) is 2.92. The molecule has 0 atom stereocenters. The molecule has 2 aromatic heterocycles. The standard InChI is InChI=1S/C17H16F2N4O2/c18-13-4-3-5-14(19)12(13)7-9-20-16(24)8-11-23-17(25)22-10-2-1-6-15(22)21-23/h1-6,10H,7-9,11H2,(H,20,24). The minimum atomic E-state index is -0.634. The van der Waals surface area contributed by atoms with Crippen LogP contribution in [0.25, 0.3) is 5.65 Å². The molecule has 3 rings (SSSR count). The van der Waals surface area contributed by atoms with Crippen molar-refractivity contribution in [3.8, 4) is 0 Å². The molecule has 0 saturated carbocycles. The minimum Gasteiger partial charge on any atom is -0.356 e. The van der Waals surface area contributed by atoms with Crippen LogP contribution in [0.5, 0.6) is 0 Å². The first kappa shape index (κ1) is 16.8. The van der Waals surface area contributed by atoms with Crippen molar-refractivity contribution in [3.63, 3.8) is 0 Å². The first-order valence-electron chi connectivity index (χ1n) is 7.80. The number of nitrogens with one attached hydrogen (secondary N) is 1. The number of carbonyl (C=O) groups is 1. The van der Waals surface area contributed by atoms with E-state index in [0.717, 1.165) is 0 Å². The van der Waals surface area contributed by atoms with Crippen LogP contribution in [0.15, 0.2) is 47.4 Å². The van der Waals surface area contributed by atoms with Gasteiger partial charge in [-0.1, -0.05) is 12.1 Å². The van der Waals surface area contributed by atoms with E-state index in [2.05, 4.69) is 10.4 Å². The molecule has 2 heterocycles. The van der Waals surface area contributed by atoms with Gasteiger partial charge in [0.15, 0.2) is 5.65 Å². The van der Waals surface area contributed by atoms with Crippen LogP contribution >= 0.6 is 0 Å². The molecule has 8 heteroatoms. The van der Waals surface area contributed by atoms with Gasteiger partial charge >= 0.3 is 5.69 Å². The summed E-state index contributed by atoms with van der Waals surface area (Å²) < 4.78 is 29.6. The summed E-state index contributed by atoms with van der Waals surface area (Å²) in [6.07, 6.45) is 1.70. The van der Waals surface area contributed by atoms with Crippen molar-refractivity contribution in [1.82, 2.24) is 19.5 Å². The van der Waals surface area contributed by atoms with Gasteiger partial charge in [0, 0.05) is 24.7 Å². The molecule has 0 unspecified atom stereocenters. The summed E-state index contributed by atoms with van der Waals surface area (Å²) in [5.41, 5.74) is 0.124. The van der Waals surface area contributed by atoms with Gasteiger partial charge in [-0.15, -0.1) is 5.10 Å². The molecule has 3 aromatic rings. The average molecular weight is 346 g/mol. The number of fused-ring (bicyclic) bond motifs is 1. The number of aryl methyl sites for hydroxylation is 1. The summed E-state index contributed by atoms with van der Waals surface area (Å²) in [6.45, 7) is 0.233. The molecule has 0 radical (unpaired) electrons. The number of hydrogen-bond acceptors (Lipinski definition) is 3. The summed E-state index contributed by atoms with van der Waals surface area (Å²) in [4.78, 5) is 23.9. The van der Waals surface area contributed by atoms with Gasteiger partial charge in [0.1, 0.15) is 11.6 Å². The number of halogens is 2. The van der Waals surface area contributed by atoms with E-state index in [9.17, 15) is 18.4 Å². The number of benzene rings is 1. The van der Waals surface area contributed by atoms with Gasteiger partial charge in [-0.05, 0) is 30.7 Å². The molecule has 0 spiro atoms. The molecule has 0 fully saturated rings. The molecule has 130 valence electrons. The first-order chi connectivity index (χ1) is 12.1. The Kier molecular flexibility index (Phi) is 4.87. The fraction of sp³-hybridized carbons (Fsp3) is 0.235. The van der Waals surface area contributed by atoms with E-state index in [-0.39, 0.29) is 43.1 Å². The van der Waals surface area contributed by atoms with Crippen LogP contribution in [-0.4, -0.2) is 26.6 Å². The van der Waals surface area contributed by atoms with Crippen LogP contribution < -0.4 is 11.0 Å². The molecule has 0 saturated heterocycles. The first-order valence-corrected chi connectivity index (χ1v) is 7.80. The zero-order valence-corrected chi connectivity index (χ0v) is 13.3. The molecule has 1 aromatic carbocycles. The molecule has 0 aliphatic heterocycles. The largest absolute Gasteiger partial charge is 0.356 e. The Morgan fingerprint density at radius 1 is 1.12 bits per heavy atom. The number of amides is 1. The van der Waals surface area contributed by atoms with Crippen LogP contribution in [0.2, 0.25) is 0 Å². The Labute approximate surface area is 141 Å². The van der Waals surface area contributed by atoms with Crippen molar-refractivity contribution in [2.75, 3.05) is 6.54 Å². The predicted molar refractivity (Wildman–Crippen MR) is 87.1 cm³/mol. The molecule has 0 bridgehead atoms. The molecule has 0 aliphatic carbocycles. The van der Waals surface area contributed by atoms with Crippen LogP contribution in [0.3, 0.4) is 0 Å². The number of nitrogens with zero attached hydrogens (tertiary/aromatic N) is 3. The van der Waals surface area contributed by atoms with E-state index < -0.39 is 11.6 Å². The zero-order valence-electron chi connectivity index (χ0n) is 13.3. The van der Waals surface area contributed by atoms with Crippen LogP contribution in [-0.2, 0) is 17.8 Å². The maximum atomic E-state index is 13.5. The molecule has 1 N–H and O–H groups in total. The minimum absolute atomic E-state index is 0.0452. The Morgan fingerprint density at radius 3 is 2.60 bits per heavy atom. The number of carbonyl (C=O) groups excluding carboxylic acids is 1. The van der Waals surface area contributed by atoms with E-state index in [1.165, 1.54) is 27.3 Å². The monoisotopic (exact) mass is 346 g/mol. The van der Waals surface area contributed by atoms with Crippen molar-refractivity contribution in [1.29, 1.82) is 0 Å². The Hall–Kier alpha value is -3.03. The van der Waals surface area contributed by atoms with Gasteiger partial charge in [-0.3, -0.25) is 9.20 Å². The second kappa shape index (κ2) is 7.25. The van der Waals surface area contributed by atoms with Crippen molar-refractivity contribution in [3.05, 3.63) is 70.3 Å². The highest BCUT2D eigenvalue weighted by Gasteiger charge is 2.10. The van der Waals surface area contributed by atoms with E-state index in [1.807, 2.05) is 0 Å². The fourth-order valence-electron chi connectivity index (χ4n) is 2.51. The summed E-state index contributed by atoms with van der Waals surface area (Å²) in [5, 5.41) is 6.71. The topological polar surface area (TPSA) is 68.4 Å². The van der Waals surface area contributed by atoms with E-state index in [0.29, 0.717) is 5.65 Å². The van der Waals surface area contributed by atoms with Gasteiger partial charge in [0.25, 0.3) is 0 Å². The second-order valence-electron chi connectivity index (χ2n) is 5.48. The Balaban J connectivity index is 1.53. The molecule has 1 amide bonds. The van der Waals surface area contributed by atoms with Crippen LogP contribution in [0.4, 0.5) is 8.78 Å². The summed E-state index contributed by atoms with van der Waals surface area (Å²) in [7, 11) is 0. The normalized spacial score (nSPS) is 11.0.